The highest BCUT2D eigenvalue weighted by Gasteiger charge is 2.29. The molecular formula is C26H25F2N3O3S. The fourth-order valence-electron chi connectivity index (χ4n) is 4.39. The van der Waals surface area contributed by atoms with E-state index in [4.69, 9.17) is 4.74 Å². The molecule has 9 heteroatoms. The van der Waals surface area contributed by atoms with E-state index >= 15 is 0 Å². The van der Waals surface area contributed by atoms with Gasteiger partial charge in [0.1, 0.15) is 0 Å². The average molecular weight is 498 g/mol. The van der Waals surface area contributed by atoms with E-state index < -0.39 is 11.6 Å². The summed E-state index contributed by atoms with van der Waals surface area (Å²) in [7, 11) is 0. The number of hydrogen-bond donors (Lipinski definition) is 0. The number of benzene rings is 2. The van der Waals surface area contributed by atoms with E-state index in [9.17, 15) is 18.4 Å². The van der Waals surface area contributed by atoms with E-state index in [0.29, 0.717) is 44.3 Å². The molecule has 0 bridgehead atoms. The maximum absolute atomic E-state index is 13.5. The first kappa shape index (κ1) is 23.4. The van der Waals surface area contributed by atoms with Crippen LogP contribution in [0.5, 0.6) is 0 Å². The lowest BCUT2D eigenvalue weighted by atomic mass is 10.1. The molecule has 0 N–H and O–H groups in total. The van der Waals surface area contributed by atoms with E-state index in [0.717, 1.165) is 41.4 Å². The minimum atomic E-state index is -1.05. The first-order valence-corrected chi connectivity index (χ1v) is 12.4. The van der Waals surface area contributed by atoms with Gasteiger partial charge in [0.2, 0.25) is 0 Å². The van der Waals surface area contributed by atoms with Crippen molar-refractivity contribution in [3.8, 4) is 11.1 Å². The lowest BCUT2D eigenvalue weighted by Crippen LogP contribution is -2.50. The van der Waals surface area contributed by atoms with Crippen molar-refractivity contribution in [2.24, 2.45) is 0 Å². The zero-order valence-corrected chi connectivity index (χ0v) is 19.9. The van der Waals surface area contributed by atoms with Crippen LogP contribution in [0.25, 0.3) is 11.1 Å². The molecule has 2 fully saturated rings. The van der Waals surface area contributed by atoms with Gasteiger partial charge in [0.15, 0.2) is 11.6 Å². The number of rotatable bonds is 4. The Morgan fingerprint density at radius 1 is 0.771 bits per heavy atom. The third kappa shape index (κ3) is 4.92. The van der Waals surface area contributed by atoms with Crippen molar-refractivity contribution in [2.75, 3.05) is 57.4 Å². The number of hydrogen-bond acceptors (Lipinski definition) is 5. The number of morpholine rings is 1. The number of carbonyl (C=O) groups is 2. The first-order chi connectivity index (χ1) is 17.0. The van der Waals surface area contributed by atoms with Crippen molar-refractivity contribution < 1.29 is 23.1 Å². The molecule has 2 aliphatic rings. The number of halogens is 2. The summed E-state index contributed by atoms with van der Waals surface area (Å²) in [4.78, 5) is 32.4. The van der Waals surface area contributed by atoms with Crippen LogP contribution in [0.1, 0.15) is 20.0 Å². The van der Waals surface area contributed by atoms with Crippen LogP contribution in [0.2, 0.25) is 0 Å². The molecule has 1 aromatic heterocycles. The summed E-state index contributed by atoms with van der Waals surface area (Å²) >= 11 is 1.49. The summed E-state index contributed by atoms with van der Waals surface area (Å²) in [6.07, 6.45) is 0. The van der Waals surface area contributed by atoms with Crippen LogP contribution in [0.3, 0.4) is 0 Å². The Bertz CT molecular complexity index is 1220. The van der Waals surface area contributed by atoms with Crippen LogP contribution in [-0.2, 0) is 4.74 Å². The SMILES string of the molecule is O=C(c1ccc(F)c(F)c1)N1CCN(C(=O)c2cc(-c3ccccc3)c(N3CCOCC3)s2)CC1. The average Bonchev–Trinajstić information content (AvgIpc) is 3.36. The van der Waals surface area contributed by atoms with Crippen molar-refractivity contribution in [2.45, 2.75) is 0 Å². The molecule has 182 valence electrons. The molecule has 2 amide bonds. The van der Waals surface area contributed by atoms with Gasteiger partial charge in [-0.15, -0.1) is 11.3 Å². The summed E-state index contributed by atoms with van der Waals surface area (Å²) in [6, 6.07) is 15.1. The molecule has 0 aliphatic carbocycles. The summed E-state index contributed by atoms with van der Waals surface area (Å²) in [5.41, 5.74) is 2.20. The van der Waals surface area contributed by atoms with Gasteiger partial charge in [-0.1, -0.05) is 30.3 Å². The summed E-state index contributed by atoms with van der Waals surface area (Å²) in [5.74, 6) is -2.47. The normalized spacial score (nSPS) is 16.5. The third-order valence-corrected chi connectivity index (χ3v) is 7.51. The van der Waals surface area contributed by atoms with Crippen molar-refractivity contribution >= 4 is 28.2 Å². The standard InChI is InChI=1S/C26H25F2N3O3S/c27-21-7-6-19(16-22(21)28)24(32)29-8-10-30(11-9-29)25(33)23-17-20(18-4-2-1-3-5-18)26(35-23)31-12-14-34-15-13-31/h1-7,16-17H,8-15H2. The Hall–Kier alpha value is -3.30. The Morgan fingerprint density at radius 2 is 1.43 bits per heavy atom. The molecule has 3 aromatic rings. The lowest BCUT2D eigenvalue weighted by Gasteiger charge is -2.34. The summed E-state index contributed by atoms with van der Waals surface area (Å²) in [5, 5.41) is 1.06. The smallest absolute Gasteiger partial charge is 0.264 e. The number of carbonyl (C=O) groups excluding carboxylic acids is 2. The van der Waals surface area contributed by atoms with E-state index in [1.165, 1.54) is 17.4 Å². The zero-order valence-electron chi connectivity index (χ0n) is 19.1. The molecule has 3 heterocycles. The zero-order chi connectivity index (χ0) is 24.4. The fourth-order valence-corrected chi connectivity index (χ4v) is 5.59. The summed E-state index contributed by atoms with van der Waals surface area (Å²) < 4.78 is 32.3. The molecule has 2 saturated heterocycles. The highest BCUT2D eigenvalue weighted by atomic mass is 32.1. The number of anilines is 1. The molecule has 2 aliphatic heterocycles. The Balaban J connectivity index is 1.31. The monoisotopic (exact) mass is 497 g/mol. The predicted molar refractivity (Wildman–Crippen MR) is 131 cm³/mol. The minimum Gasteiger partial charge on any atom is -0.378 e. The molecule has 5 rings (SSSR count). The highest BCUT2D eigenvalue weighted by molar-refractivity contribution is 7.18. The van der Waals surface area contributed by atoms with E-state index in [2.05, 4.69) is 4.90 Å². The number of nitrogens with zero attached hydrogens (tertiary/aromatic N) is 3. The van der Waals surface area contributed by atoms with Gasteiger partial charge < -0.3 is 19.4 Å². The van der Waals surface area contributed by atoms with Crippen LogP contribution in [-0.4, -0.2) is 74.1 Å². The van der Waals surface area contributed by atoms with Gasteiger partial charge >= 0.3 is 0 Å². The summed E-state index contributed by atoms with van der Waals surface area (Å²) in [6.45, 7) is 4.28. The Labute approximate surface area is 206 Å². The quantitative estimate of drug-likeness (QED) is 0.544. The van der Waals surface area contributed by atoms with E-state index in [-0.39, 0.29) is 17.4 Å². The van der Waals surface area contributed by atoms with Gasteiger partial charge in [0.05, 0.1) is 23.1 Å². The predicted octanol–water partition coefficient (Wildman–Crippen LogP) is 4.13. The van der Waals surface area contributed by atoms with Gasteiger partial charge in [-0.25, -0.2) is 8.78 Å². The van der Waals surface area contributed by atoms with Gasteiger partial charge in [0, 0.05) is 50.4 Å². The van der Waals surface area contributed by atoms with Crippen molar-refractivity contribution in [1.29, 1.82) is 0 Å². The van der Waals surface area contributed by atoms with Gasteiger partial charge in [-0.2, -0.15) is 0 Å². The largest absolute Gasteiger partial charge is 0.378 e. The molecule has 0 atom stereocenters. The van der Waals surface area contributed by atoms with E-state index in [1.807, 2.05) is 36.4 Å². The highest BCUT2D eigenvalue weighted by Crippen LogP contribution is 2.40. The Morgan fingerprint density at radius 3 is 2.09 bits per heavy atom. The molecular weight excluding hydrogens is 472 g/mol. The molecule has 35 heavy (non-hydrogen) atoms. The number of amides is 2. The van der Waals surface area contributed by atoms with E-state index in [1.54, 1.807) is 9.80 Å². The molecule has 0 saturated carbocycles. The molecule has 0 radical (unpaired) electrons. The van der Waals surface area contributed by atoms with Crippen molar-refractivity contribution in [3.63, 3.8) is 0 Å². The van der Waals surface area contributed by atoms with Crippen LogP contribution in [0.4, 0.5) is 13.8 Å². The first-order valence-electron chi connectivity index (χ1n) is 11.6. The van der Waals surface area contributed by atoms with Crippen LogP contribution in [0.15, 0.2) is 54.6 Å². The third-order valence-electron chi connectivity index (χ3n) is 6.33. The second kappa shape index (κ2) is 10.1. The molecule has 0 unspecified atom stereocenters. The second-order valence-corrected chi connectivity index (χ2v) is 9.54. The number of piperazine rings is 1. The van der Waals surface area contributed by atoms with Crippen molar-refractivity contribution in [1.82, 2.24) is 9.80 Å². The fraction of sp³-hybridized carbons (Fsp3) is 0.308. The number of ether oxygens (including phenoxy) is 1. The second-order valence-electron chi connectivity index (χ2n) is 8.51. The minimum absolute atomic E-state index is 0.0633. The molecule has 0 spiro atoms. The van der Waals surface area contributed by atoms with Gasteiger partial charge in [-0.3, -0.25) is 9.59 Å². The maximum Gasteiger partial charge on any atom is 0.264 e. The maximum atomic E-state index is 13.5. The van der Waals surface area contributed by atoms with Crippen LogP contribution >= 0.6 is 11.3 Å². The Kier molecular flexibility index (Phi) is 6.79. The van der Waals surface area contributed by atoms with Gasteiger partial charge in [-0.05, 0) is 29.8 Å². The van der Waals surface area contributed by atoms with Crippen molar-refractivity contribution in [3.05, 3.63) is 76.7 Å². The molecule has 2 aromatic carbocycles. The van der Waals surface area contributed by atoms with Crippen LogP contribution in [0, 0.1) is 11.6 Å². The van der Waals surface area contributed by atoms with Crippen LogP contribution < -0.4 is 4.90 Å². The lowest BCUT2D eigenvalue weighted by molar-refractivity contribution is 0.0538. The topological polar surface area (TPSA) is 53.1 Å². The number of thiophene rings is 1. The molecule has 6 nitrogen and oxygen atoms in total. The van der Waals surface area contributed by atoms with Gasteiger partial charge in [0.25, 0.3) is 11.8 Å².